The molecule has 0 saturated carbocycles. The number of hydrogen-bond acceptors (Lipinski definition) is 3. The van der Waals surface area contributed by atoms with Crippen molar-refractivity contribution in [3.05, 3.63) is 67.1 Å². The highest BCUT2D eigenvalue weighted by Crippen LogP contribution is 2.74. The van der Waals surface area contributed by atoms with Crippen LogP contribution in [0, 0.1) is 11.8 Å². The molecule has 21 heavy (non-hydrogen) atoms. The Morgan fingerprint density at radius 1 is 1.19 bits per heavy atom. The Hall–Kier alpha value is -1.39. The maximum Gasteiger partial charge on any atom is 0.0420 e. The number of benzene rings is 1. The van der Waals surface area contributed by atoms with Gasteiger partial charge < -0.3 is 0 Å². The molecule has 2 aromatic rings. The summed E-state index contributed by atoms with van der Waals surface area (Å²) < 4.78 is 3.27. The minimum atomic E-state index is -1.41. The zero-order valence-electron chi connectivity index (χ0n) is 12.6. The molecule has 0 spiro atoms. The van der Waals surface area contributed by atoms with E-state index in [-0.39, 0.29) is 0 Å². The summed E-state index contributed by atoms with van der Waals surface area (Å²) in [5.41, 5.74) is 4.15. The van der Waals surface area contributed by atoms with Gasteiger partial charge >= 0.3 is 0 Å². The Morgan fingerprint density at radius 3 is 2.67 bits per heavy atom. The van der Waals surface area contributed by atoms with Gasteiger partial charge in [-0.1, -0.05) is 40.9 Å². The van der Waals surface area contributed by atoms with Crippen LogP contribution in [0.2, 0.25) is 0 Å². The fourth-order valence-corrected chi connectivity index (χ4v) is 5.72. The molecule has 0 N–H and O–H groups in total. The first-order valence-electron chi connectivity index (χ1n) is 7.08. The average Bonchev–Trinajstić information content (AvgIpc) is 2.94. The molecular formula is C17H19NOS2. The van der Waals surface area contributed by atoms with Crippen molar-refractivity contribution in [2.45, 2.75) is 26.7 Å². The van der Waals surface area contributed by atoms with Crippen molar-refractivity contribution in [2.75, 3.05) is 6.26 Å². The molecule has 2 nitrogen and oxygen atoms in total. The second-order valence-corrected chi connectivity index (χ2v) is 9.43. The van der Waals surface area contributed by atoms with E-state index in [2.05, 4.69) is 48.8 Å². The summed E-state index contributed by atoms with van der Waals surface area (Å²) in [5, 5.41) is 2.03. The van der Waals surface area contributed by atoms with Gasteiger partial charge in [-0.3, -0.25) is 0 Å². The number of nitrogens with zero attached hydrogens (tertiary/aromatic N) is 1. The van der Waals surface area contributed by atoms with Crippen LogP contribution in [0.5, 0.6) is 0 Å². The number of nitroso groups, excluding NO2 is 1. The van der Waals surface area contributed by atoms with Crippen LogP contribution in [0.4, 0.5) is 0 Å². The van der Waals surface area contributed by atoms with Gasteiger partial charge in [-0.25, -0.2) is 0 Å². The zero-order valence-corrected chi connectivity index (χ0v) is 14.2. The SMILES string of the molecule is CCc1ccc(C)cc1Cc1ccc(C2=CS2(C)N=O)s1. The molecule has 0 radical (unpaired) electrons. The van der Waals surface area contributed by atoms with Crippen molar-refractivity contribution in [1.82, 2.24) is 0 Å². The van der Waals surface area contributed by atoms with Crippen molar-refractivity contribution in [3.8, 4) is 0 Å². The Bertz CT molecular complexity index is 732. The van der Waals surface area contributed by atoms with Gasteiger partial charge in [0.15, 0.2) is 0 Å². The zero-order chi connectivity index (χ0) is 15.0. The number of thiophene rings is 1. The normalized spacial score (nSPS) is 23.3. The maximum atomic E-state index is 10.8. The Kier molecular flexibility index (Phi) is 3.76. The topological polar surface area (TPSA) is 29.4 Å². The summed E-state index contributed by atoms with van der Waals surface area (Å²) in [4.78, 5) is 14.6. The highest BCUT2D eigenvalue weighted by molar-refractivity contribution is 8.48. The fourth-order valence-electron chi connectivity index (χ4n) is 2.57. The monoisotopic (exact) mass is 317 g/mol. The van der Waals surface area contributed by atoms with Gasteiger partial charge in [0.1, 0.15) is 0 Å². The highest BCUT2D eigenvalue weighted by Gasteiger charge is 2.37. The first kappa shape index (κ1) is 14.5. The van der Waals surface area contributed by atoms with Gasteiger partial charge in [0.2, 0.25) is 0 Å². The molecule has 4 heteroatoms. The van der Waals surface area contributed by atoms with Gasteiger partial charge in [0.25, 0.3) is 0 Å². The lowest BCUT2D eigenvalue weighted by Gasteiger charge is -2.08. The molecule has 0 saturated heterocycles. The molecule has 110 valence electrons. The molecule has 1 atom stereocenters. The molecule has 3 rings (SSSR count). The van der Waals surface area contributed by atoms with E-state index in [9.17, 15) is 4.91 Å². The van der Waals surface area contributed by atoms with Gasteiger partial charge in [-0.05, 0) is 52.9 Å². The summed E-state index contributed by atoms with van der Waals surface area (Å²) in [6.45, 7) is 4.34. The van der Waals surface area contributed by atoms with Crippen LogP contribution >= 0.6 is 21.6 Å². The smallest absolute Gasteiger partial charge is 0.0420 e. The minimum absolute atomic E-state index is 0.976. The van der Waals surface area contributed by atoms with Gasteiger partial charge in [-0.15, -0.1) is 16.2 Å². The standard InChI is InChI=1S/C17H19NOS2/c1-4-13-6-5-12(2)9-14(13)10-15-7-8-16(20-15)17-11-21(17,3)18-19/h5-9,11H,4,10H2,1-3H3. The summed E-state index contributed by atoms with van der Waals surface area (Å²) in [6, 6.07) is 11.0. The van der Waals surface area contributed by atoms with E-state index < -0.39 is 10.2 Å². The predicted molar refractivity (Wildman–Crippen MR) is 95.0 cm³/mol. The van der Waals surface area contributed by atoms with E-state index in [1.165, 1.54) is 26.4 Å². The average molecular weight is 317 g/mol. The van der Waals surface area contributed by atoms with Gasteiger partial charge in [0.05, 0.1) is 0 Å². The summed E-state index contributed by atoms with van der Waals surface area (Å²) in [7, 11) is -1.41. The molecule has 2 heterocycles. The highest BCUT2D eigenvalue weighted by atomic mass is 32.3. The molecular weight excluding hydrogens is 298 g/mol. The molecule has 0 bridgehead atoms. The predicted octanol–water partition coefficient (Wildman–Crippen LogP) is 5.64. The molecule has 1 aliphatic heterocycles. The molecule has 0 aliphatic carbocycles. The van der Waals surface area contributed by atoms with Crippen molar-refractivity contribution in [3.63, 3.8) is 0 Å². The summed E-state index contributed by atoms with van der Waals surface area (Å²) >= 11 is 1.79. The first-order valence-corrected chi connectivity index (χ1v) is 9.95. The van der Waals surface area contributed by atoms with E-state index in [1.807, 2.05) is 11.7 Å². The number of rotatable bonds is 5. The van der Waals surface area contributed by atoms with E-state index in [0.717, 1.165) is 17.7 Å². The lowest BCUT2D eigenvalue weighted by molar-refractivity contribution is 1.07. The van der Waals surface area contributed by atoms with Crippen LogP contribution in [0.1, 0.15) is 33.4 Å². The van der Waals surface area contributed by atoms with Crippen LogP contribution in [0.15, 0.2) is 40.3 Å². The van der Waals surface area contributed by atoms with Gasteiger partial charge in [-0.2, -0.15) is 0 Å². The minimum Gasteiger partial charge on any atom is -0.139 e. The van der Waals surface area contributed by atoms with Crippen LogP contribution in [0.3, 0.4) is 0 Å². The van der Waals surface area contributed by atoms with E-state index in [4.69, 9.17) is 0 Å². The van der Waals surface area contributed by atoms with Gasteiger partial charge in [0, 0.05) is 21.1 Å². The largest absolute Gasteiger partial charge is 0.139 e. The second kappa shape index (κ2) is 5.43. The fraction of sp³-hybridized carbons (Fsp3) is 0.294. The third-order valence-electron chi connectivity index (χ3n) is 3.89. The second-order valence-electron chi connectivity index (χ2n) is 5.56. The van der Waals surface area contributed by atoms with Crippen LogP contribution in [-0.2, 0) is 12.8 Å². The quantitative estimate of drug-likeness (QED) is 0.656. The van der Waals surface area contributed by atoms with E-state index >= 15 is 0 Å². The van der Waals surface area contributed by atoms with E-state index in [1.54, 1.807) is 11.3 Å². The third-order valence-corrected chi connectivity index (χ3v) is 7.12. The Morgan fingerprint density at radius 2 is 2.00 bits per heavy atom. The van der Waals surface area contributed by atoms with Crippen molar-refractivity contribution in [1.29, 1.82) is 0 Å². The Balaban J connectivity index is 1.81. The van der Waals surface area contributed by atoms with Crippen molar-refractivity contribution >= 4 is 26.5 Å². The maximum absolute atomic E-state index is 10.8. The molecule has 0 fully saturated rings. The van der Waals surface area contributed by atoms with Crippen LogP contribution < -0.4 is 0 Å². The molecule has 0 amide bonds. The summed E-state index contributed by atoms with van der Waals surface area (Å²) in [5.74, 6) is 0. The molecule has 1 aromatic carbocycles. The summed E-state index contributed by atoms with van der Waals surface area (Å²) in [6.07, 6.45) is 3.99. The van der Waals surface area contributed by atoms with Crippen LogP contribution in [0.25, 0.3) is 4.91 Å². The lowest BCUT2D eigenvalue weighted by Crippen LogP contribution is -1.93. The lowest BCUT2D eigenvalue weighted by atomic mass is 9.99. The Labute approximate surface area is 131 Å². The number of hydrogen-bond donors (Lipinski definition) is 0. The molecule has 1 aromatic heterocycles. The number of aryl methyl sites for hydroxylation is 2. The molecule has 1 aliphatic rings. The first-order chi connectivity index (χ1) is 10.1. The molecule has 1 unspecified atom stereocenters. The van der Waals surface area contributed by atoms with Crippen molar-refractivity contribution < 1.29 is 0 Å². The van der Waals surface area contributed by atoms with Crippen LogP contribution in [-0.4, -0.2) is 6.26 Å². The van der Waals surface area contributed by atoms with Crippen molar-refractivity contribution in [2.24, 2.45) is 4.58 Å². The third kappa shape index (κ3) is 2.83. The van der Waals surface area contributed by atoms with E-state index in [0.29, 0.717) is 0 Å².